The summed E-state index contributed by atoms with van der Waals surface area (Å²) in [6.07, 6.45) is 2.13. The van der Waals surface area contributed by atoms with Gasteiger partial charge < -0.3 is 20.1 Å². The van der Waals surface area contributed by atoms with Gasteiger partial charge in [0.2, 0.25) is 5.88 Å². The monoisotopic (exact) mass is 293 g/mol. The Labute approximate surface area is 122 Å². The summed E-state index contributed by atoms with van der Waals surface area (Å²) in [6.45, 7) is 2.57. The first-order valence-electron chi connectivity index (χ1n) is 6.79. The second-order valence-corrected chi connectivity index (χ2v) is 5.03. The highest BCUT2D eigenvalue weighted by Crippen LogP contribution is 2.24. The number of hydrogen-bond donors (Lipinski definition) is 2. The molecule has 1 aliphatic rings. The normalized spacial score (nSPS) is 21.1. The van der Waals surface area contributed by atoms with Gasteiger partial charge in [-0.25, -0.2) is 9.78 Å². The van der Waals surface area contributed by atoms with E-state index in [1.807, 2.05) is 6.07 Å². The molecule has 2 amide bonds. The highest BCUT2D eigenvalue weighted by molar-refractivity contribution is 5.78. The van der Waals surface area contributed by atoms with E-state index in [-0.39, 0.29) is 12.1 Å². The number of nitrogens with zero attached hydrogens (tertiary/aromatic N) is 2. The smallest absolute Gasteiger partial charge is 0.317 e. The van der Waals surface area contributed by atoms with Gasteiger partial charge in [0.05, 0.1) is 13.0 Å². The zero-order chi connectivity index (χ0) is 15.4. The lowest BCUT2D eigenvalue weighted by Crippen LogP contribution is -2.43. The van der Waals surface area contributed by atoms with Crippen molar-refractivity contribution in [1.82, 2.24) is 15.2 Å². The third kappa shape index (κ3) is 3.42. The molecule has 0 bridgehead atoms. The molecular weight excluding hydrogens is 274 g/mol. The number of hydrogen-bond acceptors (Lipinski definition) is 4. The molecule has 0 radical (unpaired) electrons. The van der Waals surface area contributed by atoms with Crippen LogP contribution in [0.1, 0.15) is 18.9 Å². The Kier molecular flexibility index (Phi) is 4.62. The molecule has 0 spiro atoms. The molecule has 2 unspecified atom stereocenters. The van der Waals surface area contributed by atoms with Crippen LogP contribution in [0.3, 0.4) is 0 Å². The topological polar surface area (TPSA) is 91.8 Å². The van der Waals surface area contributed by atoms with Crippen LogP contribution in [-0.4, -0.2) is 46.7 Å². The Balaban J connectivity index is 1.88. The SMILES string of the molecule is COc1ccc(CNC(=O)N2CCC(C(=O)O)C2C)cn1. The van der Waals surface area contributed by atoms with Crippen LogP contribution in [0.4, 0.5) is 4.79 Å². The minimum Gasteiger partial charge on any atom is -0.481 e. The minimum atomic E-state index is -0.850. The minimum absolute atomic E-state index is 0.248. The van der Waals surface area contributed by atoms with Crippen molar-refractivity contribution in [2.45, 2.75) is 25.9 Å². The molecule has 1 aromatic rings. The first kappa shape index (κ1) is 15.1. The lowest BCUT2D eigenvalue weighted by Gasteiger charge is -2.23. The summed E-state index contributed by atoms with van der Waals surface area (Å²) in [4.78, 5) is 28.8. The van der Waals surface area contributed by atoms with Crippen LogP contribution in [0, 0.1) is 5.92 Å². The number of pyridine rings is 1. The highest BCUT2D eigenvalue weighted by Gasteiger charge is 2.37. The number of nitrogens with one attached hydrogen (secondary N) is 1. The van der Waals surface area contributed by atoms with Crippen molar-refractivity contribution < 1.29 is 19.4 Å². The number of urea groups is 1. The molecule has 1 saturated heterocycles. The Hall–Kier alpha value is -2.31. The Morgan fingerprint density at radius 1 is 1.52 bits per heavy atom. The number of carbonyl (C=O) groups is 2. The fourth-order valence-electron chi connectivity index (χ4n) is 2.47. The lowest BCUT2D eigenvalue weighted by atomic mass is 10.0. The van der Waals surface area contributed by atoms with Gasteiger partial charge in [-0.2, -0.15) is 0 Å². The van der Waals surface area contributed by atoms with Crippen LogP contribution in [0.15, 0.2) is 18.3 Å². The Morgan fingerprint density at radius 3 is 2.81 bits per heavy atom. The largest absolute Gasteiger partial charge is 0.481 e. The zero-order valence-electron chi connectivity index (χ0n) is 12.1. The average Bonchev–Trinajstić information content (AvgIpc) is 2.87. The fourth-order valence-corrected chi connectivity index (χ4v) is 2.47. The molecule has 0 aromatic carbocycles. The van der Waals surface area contributed by atoms with Gasteiger partial charge >= 0.3 is 12.0 Å². The molecule has 0 aliphatic carbocycles. The predicted octanol–water partition coefficient (Wildman–Crippen LogP) is 1.09. The summed E-state index contributed by atoms with van der Waals surface area (Å²) in [5.41, 5.74) is 0.853. The van der Waals surface area contributed by atoms with Crippen LogP contribution in [0.25, 0.3) is 0 Å². The number of ether oxygens (including phenoxy) is 1. The molecule has 0 saturated carbocycles. The third-order valence-electron chi connectivity index (χ3n) is 3.78. The average molecular weight is 293 g/mol. The van der Waals surface area contributed by atoms with E-state index < -0.39 is 11.9 Å². The maximum atomic E-state index is 12.1. The van der Waals surface area contributed by atoms with Crippen molar-refractivity contribution in [2.75, 3.05) is 13.7 Å². The quantitative estimate of drug-likeness (QED) is 0.867. The number of likely N-dealkylation sites (tertiary alicyclic amines) is 1. The second kappa shape index (κ2) is 6.43. The Bertz CT molecular complexity index is 517. The van der Waals surface area contributed by atoms with Gasteiger partial charge in [0.25, 0.3) is 0 Å². The van der Waals surface area contributed by atoms with Gasteiger partial charge in [-0.15, -0.1) is 0 Å². The van der Waals surface area contributed by atoms with E-state index in [4.69, 9.17) is 9.84 Å². The molecule has 7 heteroatoms. The summed E-state index contributed by atoms with van der Waals surface area (Å²) >= 11 is 0. The molecule has 21 heavy (non-hydrogen) atoms. The number of carboxylic acids is 1. The number of aromatic nitrogens is 1. The highest BCUT2D eigenvalue weighted by atomic mass is 16.5. The number of rotatable bonds is 4. The zero-order valence-corrected chi connectivity index (χ0v) is 12.1. The van der Waals surface area contributed by atoms with Crippen molar-refractivity contribution in [3.05, 3.63) is 23.9 Å². The molecule has 1 aromatic heterocycles. The standard InChI is InChI=1S/C14H19N3O4/c1-9-11(13(18)19)5-6-17(9)14(20)16-8-10-3-4-12(21-2)15-7-10/h3-4,7,9,11H,5-6,8H2,1-2H3,(H,16,20)(H,18,19). The summed E-state index contributed by atoms with van der Waals surface area (Å²) in [6, 6.07) is 3.00. The van der Waals surface area contributed by atoms with Crippen LogP contribution < -0.4 is 10.1 Å². The van der Waals surface area contributed by atoms with E-state index in [9.17, 15) is 9.59 Å². The third-order valence-corrected chi connectivity index (χ3v) is 3.78. The van der Waals surface area contributed by atoms with E-state index in [0.717, 1.165) is 5.56 Å². The molecule has 1 aliphatic heterocycles. The van der Waals surface area contributed by atoms with E-state index >= 15 is 0 Å². The second-order valence-electron chi connectivity index (χ2n) is 5.03. The number of carbonyl (C=O) groups excluding carboxylic acids is 1. The van der Waals surface area contributed by atoms with Crippen LogP contribution in [0.5, 0.6) is 5.88 Å². The summed E-state index contributed by atoms with van der Waals surface area (Å²) in [5, 5.41) is 11.8. The van der Waals surface area contributed by atoms with Crippen molar-refractivity contribution in [2.24, 2.45) is 5.92 Å². The molecular formula is C14H19N3O4. The molecule has 114 valence electrons. The fraction of sp³-hybridized carbons (Fsp3) is 0.500. The summed E-state index contributed by atoms with van der Waals surface area (Å²) in [7, 11) is 1.54. The molecule has 2 rings (SSSR count). The molecule has 2 heterocycles. The number of methoxy groups -OCH3 is 1. The van der Waals surface area contributed by atoms with Gasteiger partial charge in [0.15, 0.2) is 0 Å². The van der Waals surface area contributed by atoms with Crippen molar-refractivity contribution >= 4 is 12.0 Å². The van der Waals surface area contributed by atoms with Crippen molar-refractivity contribution in [3.8, 4) is 5.88 Å². The number of carboxylic acid groups (broad SMARTS) is 1. The van der Waals surface area contributed by atoms with Crippen LogP contribution >= 0.6 is 0 Å². The first-order valence-corrected chi connectivity index (χ1v) is 6.79. The number of aliphatic carboxylic acids is 1. The van der Waals surface area contributed by atoms with E-state index in [1.54, 1.807) is 24.1 Å². The van der Waals surface area contributed by atoms with Gasteiger partial charge in [-0.3, -0.25) is 4.79 Å². The molecule has 1 fully saturated rings. The lowest BCUT2D eigenvalue weighted by molar-refractivity contribution is -0.142. The number of amides is 2. The van der Waals surface area contributed by atoms with Crippen molar-refractivity contribution in [3.63, 3.8) is 0 Å². The van der Waals surface area contributed by atoms with Gasteiger partial charge in [0.1, 0.15) is 0 Å². The molecule has 7 nitrogen and oxygen atoms in total. The van der Waals surface area contributed by atoms with Crippen LogP contribution in [0.2, 0.25) is 0 Å². The Morgan fingerprint density at radius 2 is 2.29 bits per heavy atom. The summed E-state index contributed by atoms with van der Waals surface area (Å²) < 4.78 is 4.96. The maximum Gasteiger partial charge on any atom is 0.317 e. The summed E-state index contributed by atoms with van der Waals surface area (Å²) in [5.74, 6) is -0.821. The first-order chi connectivity index (χ1) is 10.0. The van der Waals surface area contributed by atoms with E-state index in [0.29, 0.717) is 25.4 Å². The van der Waals surface area contributed by atoms with Gasteiger partial charge in [-0.1, -0.05) is 6.07 Å². The maximum absolute atomic E-state index is 12.1. The van der Waals surface area contributed by atoms with E-state index in [1.165, 1.54) is 7.11 Å². The molecule has 2 atom stereocenters. The van der Waals surface area contributed by atoms with Crippen LogP contribution in [-0.2, 0) is 11.3 Å². The van der Waals surface area contributed by atoms with E-state index in [2.05, 4.69) is 10.3 Å². The predicted molar refractivity (Wildman–Crippen MR) is 74.9 cm³/mol. The van der Waals surface area contributed by atoms with Crippen molar-refractivity contribution in [1.29, 1.82) is 0 Å². The van der Waals surface area contributed by atoms with Gasteiger partial charge in [0, 0.05) is 31.4 Å². The molecule has 2 N–H and O–H groups in total. The van der Waals surface area contributed by atoms with Gasteiger partial charge in [-0.05, 0) is 18.9 Å².